The molecule has 0 atom stereocenters. The average molecular weight is 320 g/mol. The average Bonchev–Trinajstić information content (AvgIpc) is 2.61. The second kappa shape index (κ2) is 9.10. The Bertz CT molecular complexity index is 735. The summed E-state index contributed by atoms with van der Waals surface area (Å²) >= 11 is 0. The molecule has 0 bridgehead atoms. The Kier molecular flexibility index (Phi) is 6.53. The van der Waals surface area contributed by atoms with Crippen LogP contribution in [0.25, 0.3) is 12.2 Å². The molecule has 2 N–H and O–H groups in total. The number of likely N-dealkylation sites (N-methyl/N-ethyl adjacent to an activating group) is 1. The standard InChI is InChI=1S/C20H20N2O2/c1-2-21-20(24)18(15-17-11-7-4-8-12-17)22-19(23)14-13-16-9-5-3-6-10-16/h3-15H,2H2,1H3,(H,21,24)(H,22,23). The molecule has 0 heterocycles. The van der Waals surface area contributed by atoms with E-state index in [9.17, 15) is 9.59 Å². The summed E-state index contributed by atoms with van der Waals surface area (Å²) in [7, 11) is 0. The minimum Gasteiger partial charge on any atom is -0.351 e. The lowest BCUT2D eigenvalue weighted by Crippen LogP contribution is -2.34. The summed E-state index contributed by atoms with van der Waals surface area (Å²) in [6.45, 7) is 2.32. The van der Waals surface area contributed by atoms with Gasteiger partial charge in [-0.1, -0.05) is 60.7 Å². The lowest BCUT2D eigenvalue weighted by Gasteiger charge is -2.08. The second-order valence-corrected chi connectivity index (χ2v) is 5.06. The van der Waals surface area contributed by atoms with Crippen molar-refractivity contribution in [2.24, 2.45) is 0 Å². The summed E-state index contributed by atoms with van der Waals surface area (Å²) in [6, 6.07) is 18.9. The minimum atomic E-state index is -0.354. The molecule has 0 saturated carbocycles. The summed E-state index contributed by atoms with van der Waals surface area (Å²) in [5.74, 6) is -0.671. The Labute approximate surface area is 141 Å². The fourth-order valence-corrected chi connectivity index (χ4v) is 2.04. The van der Waals surface area contributed by atoms with E-state index in [-0.39, 0.29) is 17.5 Å². The lowest BCUT2D eigenvalue weighted by atomic mass is 10.2. The molecule has 4 heteroatoms. The first-order valence-corrected chi connectivity index (χ1v) is 7.78. The van der Waals surface area contributed by atoms with E-state index in [0.717, 1.165) is 11.1 Å². The maximum atomic E-state index is 12.1. The van der Waals surface area contributed by atoms with Crippen molar-refractivity contribution < 1.29 is 9.59 Å². The Morgan fingerprint density at radius 3 is 2.08 bits per heavy atom. The van der Waals surface area contributed by atoms with E-state index in [1.54, 1.807) is 12.2 Å². The van der Waals surface area contributed by atoms with E-state index in [4.69, 9.17) is 0 Å². The molecular formula is C20H20N2O2. The SMILES string of the molecule is CCNC(=O)C(=Cc1ccccc1)NC(=O)C=Cc1ccccc1. The third-order valence-electron chi connectivity index (χ3n) is 3.18. The predicted molar refractivity (Wildman–Crippen MR) is 96.7 cm³/mol. The van der Waals surface area contributed by atoms with E-state index in [1.807, 2.05) is 67.6 Å². The molecule has 122 valence electrons. The number of benzene rings is 2. The number of carbonyl (C=O) groups excluding carboxylic acids is 2. The van der Waals surface area contributed by atoms with Crippen LogP contribution < -0.4 is 10.6 Å². The van der Waals surface area contributed by atoms with Crippen LogP contribution in [0, 0.1) is 0 Å². The highest BCUT2D eigenvalue weighted by Crippen LogP contribution is 2.06. The van der Waals surface area contributed by atoms with Crippen LogP contribution in [0.3, 0.4) is 0 Å². The highest BCUT2D eigenvalue weighted by Gasteiger charge is 2.10. The van der Waals surface area contributed by atoms with Gasteiger partial charge in [0.15, 0.2) is 0 Å². The van der Waals surface area contributed by atoms with Crippen LogP contribution in [0.2, 0.25) is 0 Å². The van der Waals surface area contributed by atoms with Gasteiger partial charge in [-0.15, -0.1) is 0 Å². The number of rotatable bonds is 6. The van der Waals surface area contributed by atoms with E-state index in [0.29, 0.717) is 6.54 Å². The van der Waals surface area contributed by atoms with Crippen LogP contribution in [0.1, 0.15) is 18.1 Å². The van der Waals surface area contributed by atoms with E-state index in [2.05, 4.69) is 10.6 Å². The molecule has 0 fully saturated rings. The number of carbonyl (C=O) groups is 2. The fourth-order valence-electron chi connectivity index (χ4n) is 2.04. The zero-order valence-corrected chi connectivity index (χ0v) is 13.5. The van der Waals surface area contributed by atoms with E-state index >= 15 is 0 Å². The topological polar surface area (TPSA) is 58.2 Å². The number of nitrogens with one attached hydrogen (secondary N) is 2. The molecule has 0 aromatic heterocycles. The van der Waals surface area contributed by atoms with Gasteiger partial charge in [0.2, 0.25) is 5.91 Å². The van der Waals surface area contributed by atoms with Gasteiger partial charge in [-0.25, -0.2) is 0 Å². The van der Waals surface area contributed by atoms with E-state index < -0.39 is 0 Å². The lowest BCUT2D eigenvalue weighted by molar-refractivity contribution is -0.121. The van der Waals surface area contributed by atoms with Gasteiger partial charge >= 0.3 is 0 Å². The molecule has 2 aromatic carbocycles. The number of hydrogen-bond acceptors (Lipinski definition) is 2. The quantitative estimate of drug-likeness (QED) is 0.804. The molecule has 0 radical (unpaired) electrons. The summed E-state index contributed by atoms with van der Waals surface area (Å²) in [5, 5.41) is 5.34. The van der Waals surface area contributed by atoms with Gasteiger partial charge in [0.25, 0.3) is 5.91 Å². The van der Waals surface area contributed by atoms with Crippen LogP contribution in [-0.2, 0) is 9.59 Å². The van der Waals surface area contributed by atoms with Crippen LogP contribution >= 0.6 is 0 Å². The fraction of sp³-hybridized carbons (Fsp3) is 0.100. The largest absolute Gasteiger partial charge is 0.351 e. The van der Waals surface area contributed by atoms with Gasteiger partial charge in [0.05, 0.1) is 0 Å². The van der Waals surface area contributed by atoms with Gasteiger partial charge in [-0.05, 0) is 30.2 Å². The smallest absolute Gasteiger partial charge is 0.267 e. The maximum absolute atomic E-state index is 12.1. The van der Waals surface area contributed by atoms with Crippen LogP contribution in [0.4, 0.5) is 0 Å². The highest BCUT2D eigenvalue weighted by atomic mass is 16.2. The van der Waals surface area contributed by atoms with E-state index in [1.165, 1.54) is 6.08 Å². The van der Waals surface area contributed by atoms with Crippen molar-refractivity contribution in [3.63, 3.8) is 0 Å². The summed E-state index contributed by atoms with van der Waals surface area (Å²) in [4.78, 5) is 24.2. The number of hydrogen-bond donors (Lipinski definition) is 2. The Morgan fingerprint density at radius 1 is 0.917 bits per heavy atom. The molecule has 0 aliphatic rings. The minimum absolute atomic E-state index is 0.214. The summed E-state index contributed by atoms with van der Waals surface area (Å²) in [6.07, 6.45) is 4.76. The predicted octanol–water partition coefficient (Wildman–Crippen LogP) is 2.99. The number of amides is 2. The molecule has 2 amide bonds. The van der Waals surface area contributed by atoms with Crippen molar-refractivity contribution in [1.29, 1.82) is 0 Å². The molecule has 2 aromatic rings. The van der Waals surface area contributed by atoms with Crippen molar-refractivity contribution in [1.82, 2.24) is 10.6 Å². The van der Waals surface area contributed by atoms with Gasteiger partial charge < -0.3 is 10.6 Å². The second-order valence-electron chi connectivity index (χ2n) is 5.06. The van der Waals surface area contributed by atoms with Crippen molar-refractivity contribution in [3.05, 3.63) is 83.6 Å². The molecule has 0 saturated heterocycles. The van der Waals surface area contributed by atoms with Crippen molar-refractivity contribution in [3.8, 4) is 0 Å². The Balaban J connectivity index is 2.13. The normalized spacial score (nSPS) is 11.3. The molecule has 0 aliphatic heterocycles. The Morgan fingerprint density at radius 2 is 1.50 bits per heavy atom. The van der Waals surface area contributed by atoms with Crippen LogP contribution in [0.5, 0.6) is 0 Å². The molecule has 0 spiro atoms. The highest BCUT2D eigenvalue weighted by molar-refractivity contribution is 6.04. The van der Waals surface area contributed by atoms with Gasteiger partial charge in [0, 0.05) is 12.6 Å². The maximum Gasteiger partial charge on any atom is 0.267 e. The van der Waals surface area contributed by atoms with Gasteiger partial charge in [0.1, 0.15) is 5.70 Å². The molecule has 0 aliphatic carbocycles. The molecular weight excluding hydrogens is 300 g/mol. The Hall–Kier alpha value is -3.14. The van der Waals surface area contributed by atoms with Gasteiger partial charge in [-0.3, -0.25) is 9.59 Å². The molecule has 24 heavy (non-hydrogen) atoms. The molecule has 2 rings (SSSR count). The first kappa shape index (κ1) is 17.2. The first-order valence-electron chi connectivity index (χ1n) is 7.78. The van der Waals surface area contributed by atoms with Crippen molar-refractivity contribution >= 4 is 24.0 Å². The van der Waals surface area contributed by atoms with Crippen LogP contribution in [-0.4, -0.2) is 18.4 Å². The molecule has 0 unspecified atom stereocenters. The van der Waals surface area contributed by atoms with Crippen molar-refractivity contribution in [2.75, 3.05) is 6.54 Å². The zero-order valence-electron chi connectivity index (χ0n) is 13.5. The first-order chi connectivity index (χ1) is 11.7. The zero-order chi connectivity index (χ0) is 17.2. The van der Waals surface area contributed by atoms with Crippen LogP contribution in [0.15, 0.2) is 72.4 Å². The third kappa shape index (κ3) is 5.57. The van der Waals surface area contributed by atoms with Gasteiger partial charge in [-0.2, -0.15) is 0 Å². The molecule has 4 nitrogen and oxygen atoms in total. The summed E-state index contributed by atoms with van der Waals surface area (Å²) in [5.41, 5.74) is 1.97. The third-order valence-corrected chi connectivity index (χ3v) is 3.18. The summed E-state index contributed by atoms with van der Waals surface area (Å²) < 4.78 is 0. The monoisotopic (exact) mass is 320 g/mol. The van der Waals surface area contributed by atoms with Crippen molar-refractivity contribution in [2.45, 2.75) is 6.92 Å².